The Kier molecular flexibility index (Phi) is 18.8. The standard InChI is InChI=1S/C28H25N7O3.C27H24N8O3.CH4.CH2.2HI.V/c36-26-22-20(7-4-8-21(22)30-28(38)34-33-27(37)18-6-5-13-29-16-18)25-23(26)24(31-32-25)17-9-11-19(12-10-17)35-14-2-1-3-15-35;36-25-21-19(4-1-5-20(21)30-27(38)34-33-26(37)17-3-2-10-29-15-17)24-22(25)23(31-32-24)16-6-8-18(9-7-16)35-13-11-28-12-14-35;;;;;/h4-13,16,31-32,36H,1-3,14-15H2,(H,30,38);1-10,15,28,31-32,36H,11-14H2,(H,30,38);1H4;1H2;2*1H;/q;;;;;;+2/p-2. The van der Waals surface area contributed by atoms with E-state index in [1.165, 1.54) is 61.9 Å². The average Bonchev–Trinajstić information content (AvgIpc) is 4.41. The summed E-state index contributed by atoms with van der Waals surface area (Å²) < 4.78 is 0. The summed E-state index contributed by atoms with van der Waals surface area (Å²) in [7, 11) is -0.498. The van der Waals surface area contributed by atoms with Gasteiger partial charge in [-0.25, -0.2) is 9.59 Å². The van der Waals surface area contributed by atoms with Crippen LogP contribution in [0.25, 0.3) is 66.6 Å². The number of carbonyl (C=O) groups is 4. The number of fused-ring (bicyclic) bond motifs is 6. The van der Waals surface area contributed by atoms with Crippen molar-refractivity contribution in [3.63, 3.8) is 0 Å². The number of amides is 6. The number of piperidine rings is 1. The number of aromatic hydroxyl groups is 2. The van der Waals surface area contributed by atoms with Crippen molar-refractivity contribution in [1.29, 1.82) is 0 Å². The van der Waals surface area contributed by atoms with Crippen LogP contribution in [0.3, 0.4) is 0 Å². The van der Waals surface area contributed by atoms with Gasteiger partial charge in [0.25, 0.3) is 11.8 Å². The van der Waals surface area contributed by atoms with Crippen LogP contribution >= 0.6 is 40.0 Å². The molecule has 12 rings (SSSR count). The number of urea groups is 2. The summed E-state index contributed by atoms with van der Waals surface area (Å²) >= 11 is 4.73. The zero-order valence-corrected chi connectivity index (χ0v) is 48.3. The second-order valence-electron chi connectivity index (χ2n) is 18.4. The Morgan fingerprint density at radius 2 is 0.951 bits per heavy atom. The van der Waals surface area contributed by atoms with Gasteiger partial charge in [0.1, 0.15) is 11.5 Å². The van der Waals surface area contributed by atoms with E-state index >= 15 is 0 Å². The Morgan fingerprint density at radius 1 is 0.543 bits per heavy atom. The zero-order valence-electron chi connectivity index (χ0n) is 42.6. The van der Waals surface area contributed by atoms with E-state index in [-0.39, 0.29) is 30.1 Å². The van der Waals surface area contributed by atoms with Crippen LogP contribution in [0.2, 0.25) is 0 Å². The van der Waals surface area contributed by atoms with Crippen LogP contribution in [0.15, 0.2) is 154 Å². The summed E-state index contributed by atoms with van der Waals surface area (Å²) in [6, 6.07) is 31.6. The van der Waals surface area contributed by atoms with Crippen LogP contribution in [0, 0.1) is 0 Å². The number of anilines is 4. The van der Waals surface area contributed by atoms with Crippen molar-refractivity contribution in [2.45, 2.75) is 26.7 Å². The molecule has 413 valence electrons. The second kappa shape index (κ2) is 26.4. The van der Waals surface area contributed by atoms with Gasteiger partial charge in [0.2, 0.25) is 0 Å². The number of aromatic nitrogens is 6. The molecule has 0 bridgehead atoms. The van der Waals surface area contributed by atoms with Crippen LogP contribution in [0.5, 0.6) is 11.5 Å². The number of aromatic amines is 4. The van der Waals surface area contributed by atoms with Crippen LogP contribution < -0.4 is 25.8 Å². The molecule has 6 amide bonds. The molecule has 2 saturated heterocycles. The van der Waals surface area contributed by atoms with Gasteiger partial charge in [-0.1, -0.05) is 66.2 Å². The number of azo groups is 2. The Hall–Kier alpha value is -8.11. The number of nitrogens with one attached hydrogen (secondary N) is 7. The van der Waals surface area contributed by atoms with Gasteiger partial charge in [-0.05, 0) is 79.9 Å². The Morgan fingerprint density at radius 3 is 1.36 bits per heavy atom. The molecular formula is C57H55I2N15O6V. The number of piperazine rings is 1. The topological polar surface area (TPSA) is 290 Å². The fourth-order valence-corrected chi connectivity index (χ4v) is 9.86. The summed E-state index contributed by atoms with van der Waals surface area (Å²) in [5.74, 6) is -1.31. The molecule has 4 aromatic carbocycles. The molecule has 6 aliphatic rings. The van der Waals surface area contributed by atoms with Gasteiger partial charge in [0, 0.05) is 97.3 Å². The number of rotatable bonds is 8. The molecule has 21 nitrogen and oxygen atoms in total. The van der Waals surface area contributed by atoms with Gasteiger partial charge in [-0.15, -0.1) is 10.2 Å². The molecule has 6 heterocycles. The molecular weight excluding hydrogens is 1300 g/mol. The predicted molar refractivity (Wildman–Crippen MR) is 331 cm³/mol. The summed E-state index contributed by atoms with van der Waals surface area (Å²) in [5.41, 5.74) is 9.49. The maximum absolute atomic E-state index is 12.5. The second-order valence-corrected chi connectivity index (χ2v) is 36.6. The molecule has 24 heteroatoms. The van der Waals surface area contributed by atoms with Crippen molar-refractivity contribution < 1.29 is 37.3 Å². The first-order valence-corrected chi connectivity index (χ1v) is 35.3. The van der Waals surface area contributed by atoms with E-state index in [1.54, 1.807) is 36.4 Å². The third-order valence-electron chi connectivity index (χ3n) is 13.5. The first-order valence-electron chi connectivity index (χ1n) is 25.3. The van der Waals surface area contributed by atoms with E-state index in [9.17, 15) is 29.4 Å². The minimum atomic E-state index is -0.839. The Balaban J connectivity index is 0.000000181. The van der Waals surface area contributed by atoms with Gasteiger partial charge in [-0.3, -0.25) is 40.0 Å². The number of hydrogen-bond acceptors (Lipinski definition) is 11. The Bertz CT molecular complexity index is 3600. The number of hydrogen-bond donors (Lipinski definition) is 9. The van der Waals surface area contributed by atoms with Crippen LogP contribution in [-0.2, 0) is 7.89 Å². The number of H-pyrrole nitrogens is 4. The molecule has 0 spiro atoms. The summed E-state index contributed by atoms with van der Waals surface area (Å²) in [4.78, 5) is 61.6. The van der Waals surface area contributed by atoms with Crippen molar-refractivity contribution in [3.8, 4) is 56.5 Å². The number of nitrogens with zero attached hydrogens (tertiary/aromatic N) is 8. The van der Waals surface area contributed by atoms with Gasteiger partial charge >= 0.3 is 65.1 Å². The number of carbonyl (C=O) groups excluding carboxylic acids is 4. The number of benzene rings is 4. The summed E-state index contributed by atoms with van der Waals surface area (Å²) in [5, 5.41) is 63.9. The Labute approximate surface area is 491 Å². The normalized spacial score (nSPS) is 13.4. The van der Waals surface area contributed by atoms with Gasteiger partial charge < -0.3 is 36.0 Å². The number of halogens is 2. The van der Waals surface area contributed by atoms with Gasteiger partial charge in [-0.2, -0.15) is 0 Å². The monoisotopic (exact) mass is 1350 g/mol. The third kappa shape index (κ3) is 13.1. The van der Waals surface area contributed by atoms with Gasteiger partial charge in [0.15, 0.2) is 0 Å². The number of pyridine rings is 2. The van der Waals surface area contributed by atoms with Crippen LogP contribution in [0.4, 0.5) is 32.3 Å². The average molecular weight is 1350 g/mol. The predicted octanol–water partition coefficient (Wildman–Crippen LogP) is 13.2. The molecule has 81 heavy (non-hydrogen) atoms. The molecule has 0 saturated carbocycles. The minimum absolute atomic E-state index is 0. The summed E-state index contributed by atoms with van der Waals surface area (Å²) in [6.45, 7) is 5.98. The molecule has 2 fully saturated rings. The van der Waals surface area contributed by atoms with E-state index in [0.29, 0.717) is 39.0 Å². The van der Waals surface area contributed by atoms with Crippen molar-refractivity contribution in [2.24, 2.45) is 20.5 Å². The van der Waals surface area contributed by atoms with Crippen LogP contribution in [-0.4, -0.2) is 109 Å². The first-order chi connectivity index (χ1) is 38.9. The first kappa shape index (κ1) is 57.6. The van der Waals surface area contributed by atoms with E-state index in [2.05, 4.69) is 146 Å². The fraction of sp³-hybridized carbons (Fsp3) is 0.175. The quantitative estimate of drug-likeness (QED) is 0.0509. The molecule has 9 N–H and O–H groups in total. The molecule has 0 atom stereocenters. The zero-order chi connectivity index (χ0) is 55.7. The molecule has 2 aliphatic carbocycles. The van der Waals surface area contributed by atoms with E-state index in [4.69, 9.17) is 0 Å². The maximum atomic E-state index is 12.5. The summed E-state index contributed by atoms with van der Waals surface area (Å²) in [6.07, 6.45) is 9.45. The van der Waals surface area contributed by atoms with E-state index < -0.39 is 31.8 Å². The van der Waals surface area contributed by atoms with Crippen molar-refractivity contribution >= 4 is 113 Å². The molecule has 0 radical (unpaired) electrons. The molecule has 4 aliphatic heterocycles. The molecule has 2 aromatic heterocycles. The van der Waals surface area contributed by atoms with Crippen LogP contribution in [0.1, 0.15) is 47.4 Å². The molecule has 0 unspecified atom stereocenters. The van der Waals surface area contributed by atoms with Crippen molar-refractivity contribution in [2.75, 3.05) is 59.7 Å². The third-order valence-corrected chi connectivity index (χ3v) is 13.5. The van der Waals surface area contributed by atoms with Crippen molar-refractivity contribution in [1.82, 2.24) is 35.7 Å². The SMILES string of the molecule is C.O=C(N=NC(=O)c1cccnc1)Nc1cccc2c3[nH][nH]c(-c4ccc(N5CCCCC5)cc4)c-3c(O)c12.O=C(N=NC(=O)c1cccnc1)Nc1cccc2c3[nH][nH]c(-c4ccc(N5CCNCC5)cc4)c-3c(O)c12.[CH2]=[V]([I])[I]. The molecule has 6 aromatic rings. The van der Waals surface area contributed by atoms with Gasteiger partial charge in [0.05, 0.1) is 67.2 Å². The van der Waals surface area contributed by atoms with E-state index in [0.717, 1.165) is 83.9 Å². The fourth-order valence-electron chi connectivity index (χ4n) is 9.86. The van der Waals surface area contributed by atoms with Crippen molar-refractivity contribution in [3.05, 3.63) is 145 Å². The van der Waals surface area contributed by atoms with E-state index in [1.807, 2.05) is 36.4 Å².